The molecule has 0 spiro atoms. The molecule has 0 aliphatic carbocycles. The van der Waals surface area contributed by atoms with Gasteiger partial charge in [0.2, 0.25) is 11.7 Å². The zero-order chi connectivity index (χ0) is 27.6. The van der Waals surface area contributed by atoms with E-state index >= 15 is 0 Å². The predicted octanol–water partition coefficient (Wildman–Crippen LogP) is 7.12. The topological polar surface area (TPSA) is 85.8 Å². The van der Waals surface area contributed by atoms with Crippen molar-refractivity contribution in [3.63, 3.8) is 0 Å². The van der Waals surface area contributed by atoms with Crippen LogP contribution >= 0.6 is 34.7 Å². The van der Waals surface area contributed by atoms with Crippen LogP contribution in [0.25, 0.3) is 17.3 Å². The molecular formula is C25H16ClF4N5O2S2. The summed E-state index contributed by atoms with van der Waals surface area (Å²) in [7, 11) is 0. The molecule has 0 aliphatic rings. The van der Waals surface area contributed by atoms with Gasteiger partial charge in [0, 0.05) is 22.5 Å². The van der Waals surface area contributed by atoms with E-state index in [0.29, 0.717) is 32.9 Å². The molecule has 0 saturated heterocycles. The minimum absolute atomic E-state index is 0.0497. The lowest BCUT2D eigenvalue weighted by Gasteiger charge is -2.09. The number of carbonyl (C=O) groups is 1. The summed E-state index contributed by atoms with van der Waals surface area (Å²) in [6, 6.07) is 12.3. The molecule has 39 heavy (non-hydrogen) atoms. The molecule has 3 aromatic heterocycles. The maximum Gasteiger partial charge on any atom is 0.416 e. The highest BCUT2D eigenvalue weighted by molar-refractivity contribution is 7.99. The maximum absolute atomic E-state index is 13.5. The molecule has 0 aliphatic heterocycles. The van der Waals surface area contributed by atoms with Gasteiger partial charge in [-0.25, -0.2) is 9.37 Å². The molecule has 1 amide bonds. The van der Waals surface area contributed by atoms with E-state index in [1.165, 1.54) is 30.7 Å². The lowest BCUT2D eigenvalue weighted by molar-refractivity contribution is -0.137. The maximum atomic E-state index is 13.5. The number of furan rings is 1. The van der Waals surface area contributed by atoms with Crippen molar-refractivity contribution in [2.75, 3.05) is 11.1 Å². The number of carbonyl (C=O) groups excluding carboxylic acids is 1. The highest BCUT2D eigenvalue weighted by atomic mass is 35.5. The van der Waals surface area contributed by atoms with Crippen molar-refractivity contribution in [2.24, 2.45) is 0 Å². The lowest BCUT2D eigenvalue weighted by Crippen LogP contribution is -2.14. The van der Waals surface area contributed by atoms with Gasteiger partial charge >= 0.3 is 6.18 Å². The van der Waals surface area contributed by atoms with E-state index in [9.17, 15) is 22.4 Å². The molecule has 14 heteroatoms. The number of rotatable bonds is 8. The van der Waals surface area contributed by atoms with Crippen LogP contribution in [0, 0.1) is 5.82 Å². The zero-order valence-electron chi connectivity index (χ0n) is 19.6. The second-order valence-electron chi connectivity index (χ2n) is 8.04. The summed E-state index contributed by atoms with van der Waals surface area (Å²) in [5, 5.41) is 11.9. The second-order valence-corrected chi connectivity index (χ2v) is 10.5. The number of nitrogens with zero attached hydrogens (tertiary/aromatic N) is 4. The van der Waals surface area contributed by atoms with E-state index in [2.05, 4.69) is 20.5 Å². The average molecular weight is 594 g/mol. The third kappa shape index (κ3) is 6.32. The van der Waals surface area contributed by atoms with Gasteiger partial charge in [0.25, 0.3) is 0 Å². The Bertz CT molecular complexity index is 1600. The fourth-order valence-corrected chi connectivity index (χ4v) is 5.35. The van der Waals surface area contributed by atoms with Crippen LogP contribution in [-0.4, -0.2) is 31.4 Å². The standard InChI is InChI=1S/C25H16ClF4N5O2S2/c26-19-8-3-15(25(28,29)30)10-14(19)11-18-12-31-23(39-18)32-21(36)13-38-24-34-33-22(20-2-1-9-37-20)35(24)17-6-4-16(27)5-7-17/h1-10,12H,11,13H2,(H,31,32,36). The minimum atomic E-state index is -4.48. The normalized spacial score (nSPS) is 11.6. The Hall–Kier alpha value is -3.68. The molecule has 0 bridgehead atoms. The smallest absolute Gasteiger partial charge is 0.416 e. The van der Waals surface area contributed by atoms with Gasteiger partial charge in [-0.1, -0.05) is 23.4 Å². The lowest BCUT2D eigenvalue weighted by atomic mass is 10.1. The summed E-state index contributed by atoms with van der Waals surface area (Å²) in [6.07, 6.45) is -1.39. The van der Waals surface area contributed by atoms with Crippen molar-refractivity contribution in [1.82, 2.24) is 19.7 Å². The highest BCUT2D eigenvalue weighted by Crippen LogP contribution is 2.34. The van der Waals surface area contributed by atoms with Gasteiger partial charge < -0.3 is 9.73 Å². The molecule has 0 unspecified atom stereocenters. The first kappa shape index (κ1) is 26.9. The number of benzene rings is 2. The fourth-order valence-electron chi connectivity index (χ4n) is 3.56. The van der Waals surface area contributed by atoms with E-state index in [-0.39, 0.29) is 28.2 Å². The Balaban J connectivity index is 1.26. The van der Waals surface area contributed by atoms with E-state index in [1.54, 1.807) is 28.8 Å². The molecule has 0 radical (unpaired) electrons. The van der Waals surface area contributed by atoms with Gasteiger partial charge in [-0.3, -0.25) is 9.36 Å². The van der Waals surface area contributed by atoms with Crippen molar-refractivity contribution in [3.05, 3.63) is 93.9 Å². The molecule has 0 saturated carbocycles. The van der Waals surface area contributed by atoms with Crippen LogP contribution in [0.2, 0.25) is 5.02 Å². The van der Waals surface area contributed by atoms with E-state index in [4.69, 9.17) is 16.0 Å². The summed E-state index contributed by atoms with van der Waals surface area (Å²) >= 11 is 8.32. The zero-order valence-corrected chi connectivity index (χ0v) is 22.0. The molecular weight excluding hydrogens is 578 g/mol. The Kier molecular flexibility index (Phi) is 7.73. The molecule has 2 aromatic carbocycles. The number of hydrogen-bond donors (Lipinski definition) is 1. The largest absolute Gasteiger partial charge is 0.461 e. The Labute approximate surface area is 231 Å². The predicted molar refractivity (Wildman–Crippen MR) is 140 cm³/mol. The van der Waals surface area contributed by atoms with Crippen molar-refractivity contribution in [2.45, 2.75) is 17.8 Å². The number of hydrogen-bond acceptors (Lipinski definition) is 7. The summed E-state index contributed by atoms with van der Waals surface area (Å²) < 4.78 is 59.8. The Morgan fingerprint density at radius 1 is 1.13 bits per heavy atom. The first-order valence-corrected chi connectivity index (χ1v) is 13.3. The van der Waals surface area contributed by atoms with Crippen molar-refractivity contribution in [1.29, 1.82) is 0 Å². The van der Waals surface area contributed by atoms with Crippen LogP contribution in [0.1, 0.15) is 16.0 Å². The number of thiazole rings is 1. The first-order valence-electron chi connectivity index (χ1n) is 11.2. The van der Waals surface area contributed by atoms with Gasteiger partial charge in [-0.05, 0) is 60.2 Å². The summed E-state index contributed by atoms with van der Waals surface area (Å²) in [5.41, 5.74) is 0.0882. The monoisotopic (exact) mass is 593 g/mol. The average Bonchev–Trinajstić information content (AvgIpc) is 3.65. The molecule has 7 nitrogen and oxygen atoms in total. The van der Waals surface area contributed by atoms with Gasteiger partial charge in [-0.15, -0.1) is 21.5 Å². The minimum Gasteiger partial charge on any atom is -0.461 e. The molecule has 1 N–H and O–H groups in total. The SMILES string of the molecule is O=C(CSc1nnc(-c2ccco2)n1-c1ccc(F)cc1)Nc1ncc(Cc2cc(C(F)(F)F)ccc2Cl)s1. The molecule has 5 aromatic rings. The van der Waals surface area contributed by atoms with Crippen LogP contribution in [0.5, 0.6) is 0 Å². The molecule has 3 heterocycles. The van der Waals surface area contributed by atoms with Crippen LogP contribution in [0.4, 0.5) is 22.7 Å². The van der Waals surface area contributed by atoms with Crippen LogP contribution < -0.4 is 5.32 Å². The number of halogens is 5. The summed E-state index contributed by atoms with van der Waals surface area (Å²) in [6.45, 7) is 0. The van der Waals surface area contributed by atoms with Crippen LogP contribution in [0.15, 0.2) is 76.6 Å². The van der Waals surface area contributed by atoms with Crippen molar-refractivity contribution >= 4 is 45.7 Å². The van der Waals surface area contributed by atoms with Gasteiger partial charge in [0.05, 0.1) is 23.3 Å². The number of thioether (sulfide) groups is 1. The third-order valence-corrected chi connectivity index (χ3v) is 7.54. The Morgan fingerprint density at radius 3 is 2.64 bits per heavy atom. The number of nitrogens with one attached hydrogen (secondary N) is 1. The number of alkyl halides is 3. The molecule has 0 atom stereocenters. The van der Waals surface area contributed by atoms with E-state index in [0.717, 1.165) is 35.2 Å². The number of aromatic nitrogens is 4. The fraction of sp³-hybridized carbons (Fsp3) is 0.120. The molecule has 5 rings (SSSR count). The molecule has 200 valence electrons. The number of amides is 1. The van der Waals surface area contributed by atoms with Crippen molar-refractivity contribution in [3.8, 4) is 17.3 Å². The van der Waals surface area contributed by atoms with Crippen LogP contribution in [-0.2, 0) is 17.4 Å². The Morgan fingerprint density at radius 2 is 1.92 bits per heavy atom. The summed E-state index contributed by atoms with van der Waals surface area (Å²) in [4.78, 5) is 17.4. The molecule has 0 fully saturated rings. The first-order chi connectivity index (χ1) is 18.7. The number of anilines is 1. The van der Waals surface area contributed by atoms with Gasteiger partial charge in [0.15, 0.2) is 16.0 Å². The highest BCUT2D eigenvalue weighted by Gasteiger charge is 2.31. The second kappa shape index (κ2) is 11.2. The summed E-state index contributed by atoms with van der Waals surface area (Å²) in [5.74, 6) is -0.0118. The van der Waals surface area contributed by atoms with Gasteiger partial charge in [0.1, 0.15) is 5.82 Å². The third-order valence-electron chi connectivity index (χ3n) is 5.33. The van der Waals surface area contributed by atoms with E-state index < -0.39 is 17.6 Å². The van der Waals surface area contributed by atoms with Crippen LogP contribution in [0.3, 0.4) is 0 Å². The van der Waals surface area contributed by atoms with E-state index in [1.807, 2.05) is 0 Å². The van der Waals surface area contributed by atoms with Gasteiger partial charge in [-0.2, -0.15) is 13.2 Å². The quantitative estimate of drug-likeness (QED) is 0.152. The van der Waals surface area contributed by atoms with Crippen molar-refractivity contribution < 1.29 is 26.8 Å².